The van der Waals surface area contributed by atoms with Crippen LogP contribution in [0.2, 0.25) is 0 Å². The van der Waals surface area contributed by atoms with Crippen LogP contribution in [0, 0.1) is 14.4 Å². The van der Waals surface area contributed by atoms with Crippen molar-refractivity contribution in [2.45, 2.75) is 72.6 Å². The summed E-state index contributed by atoms with van der Waals surface area (Å²) in [7, 11) is 0. The molecule has 3 aliphatic rings. The number of benzene rings is 1. The highest BCUT2D eigenvalue weighted by molar-refractivity contribution is 14.1. The van der Waals surface area contributed by atoms with Gasteiger partial charge in [0.05, 0.1) is 16.6 Å². The van der Waals surface area contributed by atoms with Gasteiger partial charge in [-0.25, -0.2) is 0 Å². The fourth-order valence-corrected chi connectivity index (χ4v) is 6.51. The summed E-state index contributed by atoms with van der Waals surface area (Å²) < 4.78 is 6.28. The number of ketones is 2. The molecule has 0 fully saturated rings. The van der Waals surface area contributed by atoms with Gasteiger partial charge in [0.1, 0.15) is 0 Å². The number of nitrogens with zero attached hydrogens (tertiary/aromatic N) is 1. The van der Waals surface area contributed by atoms with Crippen LogP contribution in [0.15, 0.2) is 34.7 Å². The van der Waals surface area contributed by atoms with E-state index in [2.05, 4.69) is 27.7 Å². The molecule has 1 aromatic rings. The summed E-state index contributed by atoms with van der Waals surface area (Å²) in [6.07, 6.45) is 1.84. The molecule has 7 nitrogen and oxygen atoms in total. The lowest BCUT2D eigenvalue weighted by molar-refractivity contribution is -0.137. The maximum Gasteiger partial charge on any atom is 0.305 e. The van der Waals surface area contributed by atoms with Gasteiger partial charge in [0.15, 0.2) is 23.1 Å². The summed E-state index contributed by atoms with van der Waals surface area (Å²) in [5.41, 5.74) is 2.98. The molecule has 2 aliphatic carbocycles. The van der Waals surface area contributed by atoms with Crippen molar-refractivity contribution in [3.05, 3.63) is 43.8 Å². The Morgan fingerprint density at radius 1 is 1.03 bits per heavy atom. The van der Waals surface area contributed by atoms with Crippen LogP contribution in [-0.2, 0) is 14.4 Å². The first kappa shape index (κ1) is 26.7. The lowest BCUT2D eigenvalue weighted by Gasteiger charge is -2.49. The number of phenolic OH excluding ortho intramolecular Hbond substituents is 1. The van der Waals surface area contributed by atoms with Crippen LogP contribution in [0.4, 0.5) is 0 Å². The first-order chi connectivity index (χ1) is 16.7. The molecule has 0 spiro atoms. The number of carboxylic acids is 1. The minimum Gasteiger partial charge on any atom is -0.504 e. The van der Waals surface area contributed by atoms with Gasteiger partial charge in [0.25, 0.3) is 0 Å². The number of hydrogen-bond acceptors (Lipinski definition) is 6. The first-order valence-electron chi connectivity index (χ1n) is 12.4. The summed E-state index contributed by atoms with van der Waals surface area (Å²) in [6.45, 7) is 10.6. The van der Waals surface area contributed by atoms with Gasteiger partial charge < -0.3 is 19.8 Å². The summed E-state index contributed by atoms with van der Waals surface area (Å²) >= 11 is 2.05. The molecule has 0 atom stereocenters. The number of aromatic hydroxyl groups is 1. The standard InChI is InChI=1S/C28H34INO6/c1-6-36-21-10-15(9-16(29)26(21)35)23-24-17(11-27(2,3)13-19(24)31)30(8-7-22(33)34)18-12-28(4,5)14-20(32)25(18)23/h9-10,23,35H,6-8,11-14H2,1-5H3,(H,33,34). The minimum absolute atomic E-state index is 0.0169. The highest BCUT2D eigenvalue weighted by Crippen LogP contribution is 2.55. The van der Waals surface area contributed by atoms with Gasteiger partial charge in [0, 0.05) is 47.8 Å². The maximum atomic E-state index is 13.8. The smallest absolute Gasteiger partial charge is 0.305 e. The summed E-state index contributed by atoms with van der Waals surface area (Å²) in [6, 6.07) is 3.57. The topological polar surface area (TPSA) is 104 Å². The Bertz CT molecular complexity index is 1150. The normalized spacial score (nSPS) is 21.4. The highest BCUT2D eigenvalue weighted by Gasteiger charge is 2.49. The number of rotatable bonds is 6. The van der Waals surface area contributed by atoms with Gasteiger partial charge in [-0.2, -0.15) is 0 Å². The molecule has 1 heterocycles. The van der Waals surface area contributed by atoms with Crippen LogP contribution in [-0.4, -0.2) is 45.8 Å². The zero-order valence-electron chi connectivity index (χ0n) is 21.5. The molecular weight excluding hydrogens is 573 g/mol. The predicted molar refractivity (Wildman–Crippen MR) is 144 cm³/mol. The van der Waals surface area contributed by atoms with E-state index in [1.54, 1.807) is 6.07 Å². The highest BCUT2D eigenvalue weighted by atomic mass is 127. The number of phenols is 1. The predicted octanol–water partition coefficient (Wildman–Crippen LogP) is 5.56. The Balaban J connectivity index is 2.01. The number of carbonyl (C=O) groups excluding carboxylic acids is 2. The van der Waals surface area contributed by atoms with Crippen molar-refractivity contribution >= 4 is 40.1 Å². The van der Waals surface area contributed by atoms with Gasteiger partial charge in [-0.15, -0.1) is 0 Å². The summed E-state index contributed by atoms with van der Waals surface area (Å²) in [5.74, 6) is -1.16. The molecule has 1 aromatic carbocycles. The second kappa shape index (κ2) is 9.50. The fourth-order valence-electron chi connectivity index (χ4n) is 5.88. The molecule has 0 saturated heterocycles. The minimum atomic E-state index is -0.918. The number of allylic oxidation sites excluding steroid dienone is 4. The third-order valence-electron chi connectivity index (χ3n) is 7.26. The number of ether oxygens (including phenoxy) is 1. The van der Waals surface area contributed by atoms with E-state index in [0.29, 0.717) is 52.8 Å². The molecular formula is C28H34INO6. The van der Waals surface area contributed by atoms with E-state index in [1.165, 1.54) is 0 Å². The molecule has 4 rings (SSSR count). The molecule has 194 valence electrons. The molecule has 0 amide bonds. The van der Waals surface area contributed by atoms with Crippen molar-refractivity contribution < 1.29 is 29.3 Å². The fraction of sp³-hybridized carbons (Fsp3) is 0.536. The van der Waals surface area contributed by atoms with Gasteiger partial charge in [-0.05, 0) is 70.9 Å². The quantitative estimate of drug-likeness (QED) is 0.409. The molecule has 1 aliphatic heterocycles. The largest absolute Gasteiger partial charge is 0.504 e. The Labute approximate surface area is 225 Å². The third kappa shape index (κ3) is 4.93. The zero-order valence-corrected chi connectivity index (χ0v) is 23.7. The lowest BCUT2D eigenvalue weighted by Crippen LogP contribution is -2.45. The van der Waals surface area contributed by atoms with Crippen molar-refractivity contribution in [1.82, 2.24) is 4.90 Å². The van der Waals surface area contributed by atoms with E-state index < -0.39 is 11.9 Å². The Kier molecular flexibility index (Phi) is 7.05. The number of carboxylic acid groups (broad SMARTS) is 1. The van der Waals surface area contributed by atoms with Crippen LogP contribution in [0.3, 0.4) is 0 Å². The van der Waals surface area contributed by atoms with Gasteiger partial charge in [0.2, 0.25) is 0 Å². The van der Waals surface area contributed by atoms with E-state index in [-0.39, 0.29) is 41.1 Å². The molecule has 0 bridgehead atoms. The number of hydrogen-bond donors (Lipinski definition) is 2. The molecule has 2 N–H and O–H groups in total. The SMILES string of the molecule is CCOc1cc(C2C3=C(CC(C)(C)CC3=O)N(CCC(=O)O)C3=C2C(=O)CC(C)(C)C3)cc(I)c1O. The van der Waals surface area contributed by atoms with E-state index in [1.807, 2.05) is 40.5 Å². The van der Waals surface area contributed by atoms with Crippen LogP contribution < -0.4 is 4.74 Å². The van der Waals surface area contributed by atoms with Crippen molar-refractivity contribution in [3.63, 3.8) is 0 Å². The van der Waals surface area contributed by atoms with E-state index >= 15 is 0 Å². The average Bonchev–Trinajstić information content (AvgIpc) is 2.73. The van der Waals surface area contributed by atoms with Gasteiger partial charge in [-0.3, -0.25) is 14.4 Å². The summed E-state index contributed by atoms with van der Waals surface area (Å²) in [5, 5.41) is 20.0. The third-order valence-corrected chi connectivity index (χ3v) is 8.08. The maximum absolute atomic E-state index is 13.8. The van der Waals surface area contributed by atoms with Gasteiger partial charge >= 0.3 is 5.97 Å². The monoisotopic (exact) mass is 607 g/mol. The lowest BCUT2D eigenvalue weighted by atomic mass is 9.63. The number of aliphatic carboxylic acids is 1. The first-order valence-corrected chi connectivity index (χ1v) is 13.5. The molecule has 0 aromatic heterocycles. The second-order valence-electron chi connectivity index (χ2n) is 11.6. The van der Waals surface area contributed by atoms with Crippen molar-refractivity contribution in [2.24, 2.45) is 10.8 Å². The Hall–Kier alpha value is -2.36. The van der Waals surface area contributed by atoms with Crippen LogP contribution in [0.1, 0.15) is 78.2 Å². The van der Waals surface area contributed by atoms with E-state index in [4.69, 9.17) is 4.74 Å². The molecule has 0 unspecified atom stereocenters. The van der Waals surface area contributed by atoms with Crippen LogP contribution >= 0.6 is 22.6 Å². The van der Waals surface area contributed by atoms with E-state index in [0.717, 1.165) is 17.0 Å². The Morgan fingerprint density at radius 2 is 1.56 bits per heavy atom. The zero-order chi connectivity index (χ0) is 26.6. The Morgan fingerprint density at radius 3 is 2.03 bits per heavy atom. The van der Waals surface area contributed by atoms with Gasteiger partial charge in [-0.1, -0.05) is 27.7 Å². The molecule has 8 heteroatoms. The second-order valence-corrected chi connectivity index (χ2v) is 12.8. The van der Waals surface area contributed by atoms with Crippen molar-refractivity contribution in [1.29, 1.82) is 0 Å². The van der Waals surface area contributed by atoms with Crippen molar-refractivity contribution in [3.8, 4) is 11.5 Å². The van der Waals surface area contributed by atoms with Crippen LogP contribution in [0.25, 0.3) is 0 Å². The molecule has 36 heavy (non-hydrogen) atoms. The number of carbonyl (C=O) groups is 3. The van der Waals surface area contributed by atoms with Crippen molar-refractivity contribution in [2.75, 3.05) is 13.2 Å². The average molecular weight is 607 g/mol. The summed E-state index contributed by atoms with van der Waals surface area (Å²) in [4.78, 5) is 41.1. The van der Waals surface area contributed by atoms with E-state index in [9.17, 15) is 24.6 Å². The number of Topliss-reactive ketones (excluding diaryl/α,β-unsaturated/α-hetero) is 2. The molecule has 0 radical (unpaired) electrons. The van der Waals surface area contributed by atoms with Crippen LogP contribution in [0.5, 0.6) is 11.5 Å². The molecule has 0 saturated carbocycles. The number of halogens is 1.